The summed E-state index contributed by atoms with van der Waals surface area (Å²) in [5.74, 6) is 0.514. The zero-order valence-corrected chi connectivity index (χ0v) is 6.54. The highest BCUT2D eigenvalue weighted by molar-refractivity contribution is 5.81. The minimum atomic E-state index is 0.514. The number of fused-ring (bicyclic) bond motifs is 1. The summed E-state index contributed by atoms with van der Waals surface area (Å²) in [5, 5.41) is 1.05. The quantitative estimate of drug-likeness (QED) is 0.666. The zero-order chi connectivity index (χ0) is 8.55. The Hall–Kier alpha value is -1.77. The third-order valence-corrected chi connectivity index (χ3v) is 1.82. The minimum absolute atomic E-state index is 0.514. The van der Waals surface area contributed by atoms with Crippen molar-refractivity contribution in [2.45, 2.75) is 0 Å². The molecule has 2 aromatic heterocycles. The zero-order valence-electron chi connectivity index (χ0n) is 6.54. The van der Waals surface area contributed by atoms with Gasteiger partial charge >= 0.3 is 0 Å². The van der Waals surface area contributed by atoms with E-state index in [2.05, 4.69) is 16.5 Å². The van der Waals surface area contributed by atoms with Crippen LogP contribution in [0.15, 0.2) is 24.9 Å². The van der Waals surface area contributed by atoms with Gasteiger partial charge in [0.1, 0.15) is 11.5 Å². The van der Waals surface area contributed by atoms with Crippen LogP contribution in [0.3, 0.4) is 0 Å². The van der Waals surface area contributed by atoms with Gasteiger partial charge in [0.25, 0.3) is 0 Å². The van der Waals surface area contributed by atoms with E-state index < -0.39 is 0 Å². The first-order valence-corrected chi connectivity index (χ1v) is 3.67. The lowest BCUT2D eigenvalue weighted by Crippen LogP contribution is -1.93. The van der Waals surface area contributed by atoms with Gasteiger partial charge < -0.3 is 10.7 Å². The van der Waals surface area contributed by atoms with E-state index in [1.165, 1.54) is 0 Å². The molecule has 0 aliphatic heterocycles. The molecule has 3 N–H and O–H groups in total. The number of pyridine rings is 1. The van der Waals surface area contributed by atoms with Crippen LogP contribution in [0, 0.1) is 0 Å². The summed E-state index contributed by atoms with van der Waals surface area (Å²) in [4.78, 5) is 7.14. The number of nitrogen functional groups attached to an aromatic ring is 1. The Balaban J connectivity index is 2.81. The van der Waals surface area contributed by atoms with Crippen molar-refractivity contribution in [3.63, 3.8) is 0 Å². The predicted octanol–water partition coefficient (Wildman–Crippen LogP) is 1.79. The second-order valence-electron chi connectivity index (χ2n) is 2.58. The van der Waals surface area contributed by atoms with Crippen molar-refractivity contribution in [3.05, 3.63) is 30.5 Å². The number of aromatic amines is 1. The van der Waals surface area contributed by atoms with Gasteiger partial charge in [0.05, 0.1) is 0 Å². The van der Waals surface area contributed by atoms with Gasteiger partial charge in [0.2, 0.25) is 0 Å². The minimum Gasteiger partial charge on any atom is -0.383 e. The summed E-state index contributed by atoms with van der Waals surface area (Å²) in [6.45, 7) is 3.65. The van der Waals surface area contributed by atoms with Crippen LogP contribution in [0.2, 0.25) is 0 Å². The van der Waals surface area contributed by atoms with Gasteiger partial charge in [0, 0.05) is 17.1 Å². The standard InChI is InChI=1S/C9H9N3/c1-2-6-5-7-3-4-11-9(7)12-8(6)10/h2-5H,1H2,(H3,10,11,12). The molecule has 2 heterocycles. The van der Waals surface area contributed by atoms with Crippen molar-refractivity contribution in [1.82, 2.24) is 9.97 Å². The van der Waals surface area contributed by atoms with Gasteiger partial charge in [-0.2, -0.15) is 0 Å². The molecule has 0 atom stereocenters. The third-order valence-electron chi connectivity index (χ3n) is 1.82. The Bertz CT molecular complexity index is 428. The summed E-state index contributed by atoms with van der Waals surface area (Å²) < 4.78 is 0. The predicted molar refractivity (Wildman–Crippen MR) is 50.6 cm³/mol. The smallest absolute Gasteiger partial charge is 0.139 e. The average Bonchev–Trinajstić information content (AvgIpc) is 2.49. The normalized spacial score (nSPS) is 10.3. The second-order valence-corrected chi connectivity index (χ2v) is 2.58. The Labute approximate surface area is 69.9 Å². The molecule has 12 heavy (non-hydrogen) atoms. The van der Waals surface area contributed by atoms with E-state index in [0.29, 0.717) is 5.82 Å². The number of nitrogens with zero attached hydrogens (tertiary/aromatic N) is 1. The molecule has 2 rings (SSSR count). The topological polar surface area (TPSA) is 54.7 Å². The van der Waals surface area contributed by atoms with Crippen LogP contribution in [0.4, 0.5) is 5.82 Å². The fraction of sp³-hybridized carbons (Fsp3) is 0. The lowest BCUT2D eigenvalue weighted by molar-refractivity contribution is 1.32. The van der Waals surface area contributed by atoms with Crippen molar-refractivity contribution in [2.75, 3.05) is 5.73 Å². The maximum atomic E-state index is 5.65. The van der Waals surface area contributed by atoms with Crippen LogP contribution in [0.25, 0.3) is 17.1 Å². The molecule has 0 bridgehead atoms. The molecule has 0 aromatic carbocycles. The first-order valence-electron chi connectivity index (χ1n) is 3.67. The van der Waals surface area contributed by atoms with E-state index in [1.54, 1.807) is 6.08 Å². The van der Waals surface area contributed by atoms with Gasteiger partial charge in [-0.3, -0.25) is 0 Å². The van der Waals surface area contributed by atoms with E-state index in [1.807, 2.05) is 18.3 Å². The lowest BCUT2D eigenvalue weighted by Gasteiger charge is -1.98. The molecule has 60 valence electrons. The molecule has 0 saturated carbocycles. The molecule has 0 unspecified atom stereocenters. The summed E-state index contributed by atoms with van der Waals surface area (Å²) >= 11 is 0. The number of rotatable bonds is 1. The fourth-order valence-corrected chi connectivity index (χ4v) is 1.18. The maximum Gasteiger partial charge on any atom is 0.139 e. The van der Waals surface area contributed by atoms with E-state index in [9.17, 15) is 0 Å². The van der Waals surface area contributed by atoms with Gasteiger partial charge in [-0.25, -0.2) is 4.98 Å². The monoisotopic (exact) mass is 159 g/mol. The maximum absolute atomic E-state index is 5.65. The number of aromatic nitrogens is 2. The molecule has 2 aromatic rings. The molecule has 0 spiro atoms. The van der Waals surface area contributed by atoms with Crippen LogP contribution >= 0.6 is 0 Å². The number of hydrogen-bond donors (Lipinski definition) is 2. The number of hydrogen-bond acceptors (Lipinski definition) is 2. The summed E-state index contributed by atoms with van der Waals surface area (Å²) in [6.07, 6.45) is 3.54. The second kappa shape index (κ2) is 2.37. The molecule has 3 heteroatoms. The Kier molecular flexibility index (Phi) is 1.37. The highest BCUT2D eigenvalue weighted by Gasteiger charge is 2.00. The van der Waals surface area contributed by atoms with Crippen molar-refractivity contribution < 1.29 is 0 Å². The van der Waals surface area contributed by atoms with E-state index in [-0.39, 0.29) is 0 Å². The SMILES string of the molecule is C=Cc1cc2cc[nH]c2nc1N. The number of anilines is 1. The summed E-state index contributed by atoms with van der Waals surface area (Å²) in [5.41, 5.74) is 7.35. The molecule has 0 saturated heterocycles. The molecule has 0 aliphatic rings. The van der Waals surface area contributed by atoms with Gasteiger partial charge in [-0.1, -0.05) is 12.7 Å². The molecule has 0 amide bonds. The molecule has 0 radical (unpaired) electrons. The lowest BCUT2D eigenvalue weighted by atomic mass is 10.2. The van der Waals surface area contributed by atoms with Crippen LogP contribution in [-0.4, -0.2) is 9.97 Å². The van der Waals surface area contributed by atoms with Gasteiger partial charge in [-0.05, 0) is 12.1 Å². The summed E-state index contributed by atoms with van der Waals surface area (Å²) in [6, 6.07) is 3.91. The van der Waals surface area contributed by atoms with Gasteiger partial charge in [0.15, 0.2) is 0 Å². The van der Waals surface area contributed by atoms with E-state index >= 15 is 0 Å². The number of H-pyrrole nitrogens is 1. The molecule has 0 aliphatic carbocycles. The third kappa shape index (κ3) is 0.871. The van der Waals surface area contributed by atoms with Gasteiger partial charge in [-0.15, -0.1) is 0 Å². The first-order chi connectivity index (χ1) is 5.81. The highest BCUT2D eigenvalue weighted by Crippen LogP contribution is 2.17. The Morgan fingerprint density at radius 2 is 2.42 bits per heavy atom. The van der Waals surface area contributed by atoms with Crippen LogP contribution in [0.1, 0.15) is 5.56 Å². The Morgan fingerprint density at radius 1 is 1.58 bits per heavy atom. The largest absolute Gasteiger partial charge is 0.383 e. The van der Waals surface area contributed by atoms with E-state index in [0.717, 1.165) is 16.6 Å². The van der Waals surface area contributed by atoms with Crippen LogP contribution in [0.5, 0.6) is 0 Å². The van der Waals surface area contributed by atoms with Crippen molar-refractivity contribution in [3.8, 4) is 0 Å². The van der Waals surface area contributed by atoms with Crippen molar-refractivity contribution in [2.24, 2.45) is 0 Å². The molecule has 3 nitrogen and oxygen atoms in total. The van der Waals surface area contributed by atoms with Crippen LogP contribution in [-0.2, 0) is 0 Å². The molecule has 0 fully saturated rings. The van der Waals surface area contributed by atoms with Crippen LogP contribution < -0.4 is 5.73 Å². The molecular weight excluding hydrogens is 150 g/mol. The number of nitrogens with one attached hydrogen (secondary N) is 1. The number of nitrogens with two attached hydrogens (primary N) is 1. The Morgan fingerprint density at radius 3 is 3.17 bits per heavy atom. The molecular formula is C9H9N3. The van der Waals surface area contributed by atoms with Crippen molar-refractivity contribution in [1.29, 1.82) is 0 Å². The highest BCUT2D eigenvalue weighted by atomic mass is 14.9. The van der Waals surface area contributed by atoms with Crippen molar-refractivity contribution >= 4 is 22.9 Å². The summed E-state index contributed by atoms with van der Waals surface area (Å²) in [7, 11) is 0. The fourth-order valence-electron chi connectivity index (χ4n) is 1.18. The first kappa shape index (κ1) is 6.91. The average molecular weight is 159 g/mol. The van der Waals surface area contributed by atoms with E-state index in [4.69, 9.17) is 5.73 Å².